The molecule has 25 heavy (non-hydrogen) atoms. The van der Waals surface area contributed by atoms with Crippen LogP contribution >= 0.6 is 0 Å². The zero-order valence-corrected chi connectivity index (χ0v) is 14.1. The summed E-state index contributed by atoms with van der Waals surface area (Å²) in [7, 11) is 0. The van der Waals surface area contributed by atoms with E-state index in [0.29, 0.717) is 5.56 Å². The van der Waals surface area contributed by atoms with Crippen LogP contribution < -0.4 is 10.2 Å². The van der Waals surface area contributed by atoms with Crippen LogP contribution in [0, 0.1) is 0 Å². The predicted octanol–water partition coefficient (Wildman–Crippen LogP) is 4.48. The van der Waals surface area contributed by atoms with Crippen LogP contribution in [-0.2, 0) is 0 Å². The standard InChI is InChI=1S/C21H21N3O/c25-21(17-8-6-11-18-16(17)9-7-13-22-18)23-19-10-2-3-12-20(19)24-14-4-1-5-15-24/h2-3,6-13H,1,4-5,14-15H2,(H,23,25). The number of piperidine rings is 1. The van der Waals surface area contributed by atoms with Gasteiger partial charge in [0.1, 0.15) is 0 Å². The molecule has 2 heterocycles. The second-order valence-electron chi connectivity index (χ2n) is 6.39. The van der Waals surface area contributed by atoms with Crippen molar-refractivity contribution in [3.05, 3.63) is 66.4 Å². The van der Waals surface area contributed by atoms with Gasteiger partial charge in [0.15, 0.2) is 0 Å². The van der Waals surface area contributed by atoms with Crippen molar-refractivity contribution in [2.45, 2.75) is 19.3 Å². The quantitative estimate of drug-likeness (QED) is 0.770. The van der Waals surface area contributed by atoms with E-state index in [9.17, 15) is 4.79 Å². The fourth-order valence-corrected chi connectivity index (χ4v) is 3.48. The highest BCUT2D eigenvalue weighted by atomic mass is 16.1. The summed E-state index contributed by atoms with van der Waals surface area (Å²) >= 11 is 0. The van der Waals surface area contributed by atoms with Gasteiger partial charge in [-0.1, -0.05) is 24.3 Å². The van der Waals surface area contributed by atoms with Crippen LogP contribution in [0.5, 0.6) is 0 Å². The number of para-hydroxylation sites is 2. The van der Waals surface area contributed by atoms with E-state index >= 15 is 0 Å². The normalized spacial score (nSPS) is 14.5. The fourth-order valence-electron chi connectivity index (χ4n) is 3.48. The van der Waals surface area contributed by atoms with Gasteiger partial charge in [-0.05, 0) is 49.6 Å². The Morgan fingerprint density at radius 1 is 0.920 bits per heavy atom. The Labute approximate surface area is 147 Å². The number of benzene rings is 2. The summed E-state index contributed by atoms with van der Waals surface area (Å²) < 4.78 is 0. The van der Waals surface area contributed by atoms with Crippen LogP contribution in [0.3, 0.4) is 0 Å². The van der Waals surface area contributed by atoms with Gasteiger partial charge in [-0.25, -0.2) is 0 Å². The van der Waals surface area contributed by atoms with E-state index in [-0.39, 0.29) is 5.91 Å². The molecule has 4 nitrogen and oxygen atoms in total. The van der Waals surface area contributed by atoms with Crippen molar-refractivity contribution in [1.29, 1.82) is 0 Å². The van der Waals surface area contributed by atoms with Gasteiger partial charge in [0.25, 0.3) is 5.91 Å². The average molecular weight is 331 g/mol. The molecule has 1 fully saturated rings. The molecule has 1 aliphatic heterocycles. The number of rotatable bonds is 3. The van der Waals surface area contributed by atoms with E-state index in [1.807, 2.05) is 48.5 Å². The lowest BCUT2D eigenvalue weighted by Gasteiger charge is -2.30. The van der Waals surface area contributed by atoms with Crippen LogP contribution in [0.15, 0.2) is 60.8 Å². The van der Waals surface area contributed by atoms with Crippen molar-refractivity contribution < 1.29 is 4.79 Å². The van der Waals surface area contributed by atoms with Crippen molar-refractivity contribution >= 4 is 28.2 Å². The van der Waals surface area contributed by atoms with Crippen molar-refractivity contribution in [2.24, 2.45) is 0 Å². The minimum Gasteiger partial charge on any atom is -0.370 e. The lowest BCUT2D eigenvalue weighted by Crippen LogP contribution is -2.30. The molecule has 0 saturated carbocycles. The van der Waals surface area contributed by atoms with Crippen molar-refractivity contribution in [3.63, 3.8) is 0 Å². The molecule has 4 heteroatoms. The van der Waals surface area contributed by atoms with Gasteiger partial charge in [0.05, 0.1) is 16.9 Å². The summed E-state index contributed by atoms with van der Waals surface area (Å²) in [5.41, 5.74) is 3.46. The Balaban J connectivity index is 1.65. The molecule has 4 rings (SSSR count). The van der Waals surface area contributed by atoms with Gasteiger partial charge in [0, 0.05) is 30.2 Å². The van der Waals surface area contributed by atoms with Gasteiger partial charge in [-0.15, -0.1) is 0 Å². The van der Waals surface area contributed by atoms with Gasteiger partial charge >= 0.3 is 0 Å². The SMILES string of the molecule is O=C(Nc1ccccc1N1CCCCC1)c1cccc2ncccc12. The summed E-state index contributed by atoms with van der Waals surface area (Å²) in [6, 6.07) is 17.5. The maximum Gasteiger partial charge on any atom is 0.256 e. The molecule has 1 saturated heterocycles. The second-order valence-corrected chi connectivity index (χ2v) is 6.39. The van der Waals surface area contributed by atoms with Crippen molar-refractivity contribution in [1.82, 2.24) is 4.98 Å². The molecule has 3 aromatic rings. The van der Waals surface area contributed by atoms with Gasteiger partial charge in [0.2, 0.25) is 0 Å². The van der Waals surface area contributed by atoms with E-state index in [4.69, 9.17) is 0 Å². The molecule has 0 radical (unpaired) electrons. The third-order valence-corrected chi connectivity index (χ3v) is 4.74. The highest BCUT2D eigenvalue weighted by molar-refractivity contribution is 6.13. The Bertz CT molecular complexity index is 895. The molecule has 1 amide bonds. The smallest absolute Gasteiger partial charge is 0.256 e. The number of anilines is 2. The first-order valence-corrected chi connectivity index (χ1v) is 8.82. The minimum absolute atomic E-state index is 0.0944. The monoisotopic (exact) mass is 331 g/mol. The first-order chi connectivity index (χ1) is 12.3. The van der Waals surface area contributed by atoms with Gasteiger partial charge in [-0.2, -0.15) is 0 Å². The van der Waals surface area contributed by atoms with Crippen LogP contribution in [0.4, 0.5) is 11.4 Å². The summed E-state index contributed by atoms with van der Waals surface area (Å²) in [6.07, 6.45) is 5.44. The Morgan fingerprint density at radius 2 is 1.76 bits per heavy atom. The number of nitrogens with zero attached hydrogens (tertiary/aromatic N) is 2. The molecule has 0 spiro atoms. The maximum absolute atomic E-state index is 12.9. The Morgan fingerprint density at radius 3 is 2.64 bits per heavy atom. The number of hydrogen-bond acceptors (Lipinski definition) is 3. The molecule has 0 unspecified atom stereocenters. The van der Waals surface area contributed by atoms with Crippen LogP contribution in [0.25, 0.3) is 10.9 Å². The molecule has 126 valence electrons. The summed E-state index contributed by atoms with van der Waals surface area (Å²) in [5.74, 6) is -0.0944. The largest absolute Gasteiger partial charge is 0.370 e. The number of amides is 1. The number of fused-ring (bicyclic) bond motifs is 1. The summed E-state index contributed by atoms with van der Waals surface area (Å²) in [4.78, 5) is 19.6. The van der Waals surface area contributed by atoms with Crippen LogP contribution in [0.2, 0.25) is 0 Å². The van der Waals surface area contributed by atoms with E-state index in [1.54, 1.807) is 6.20 Å². The van der Waals surface area contributed by atoms with Crippen molar-refractivity contribution in [3.8, 4) is 0 Å². The van der Waals surface area contributed by atoms with E-state index in [2.05, 4.69) is 21.3 Å². The lowest BCUT2D eigenvalue weighted by atomic mass is 10.1. The number of aromatic nitrogens is 1. The molecule has 1 aliphatic rings. The van der Waals surface area contributed by atoms with Crippen LogP contribution in [0.1, 0.15) is 29.6 Å². The molecule has 1 aromatic heterocycles. The van der Waals surface area contributed by atoms with E-state index < -0.39 is 0 Å². The third kappa shape index (κ3) is 3.20. The molecule has 0 bridgehead atoms. The molecular weight excluding hydrogens is 310 g/mol. The number of nitrogens with one attached hydrogen (secondary N) is 1. The van der Waals surface area contributed by atoms with Gasteiger partial charge < -0.3 is 10.2 Å². The van der Waals surface area contributed by atoms with Crippen LogP contribution in [-0.4, -0.2) is 24.0 Å². The molecular formula is C21H21N3O. The molecule has 1 N–H and O–H groups in total. The predicted molar refractivity (Wildman–Crippen MR) is 102 cm³/mol. The van der Waals surface area contributed by atoms with Gasteiger partial charge in [-0.3, -0.25) is 9.78 Å². The second kappa shape index (κ2) is 6.93. The average Bonchev–Trinajstić information content (AvgIpc) is 2.68. The van der Waals surface area contributed by atoms with E-state index in [0.717, 1.165) is 35.4 Å². The molecule has 2 aromatic carbocycles. The highest BCUT2D eigenvalue weighted by Crippen LogP contribution is 2.29. The number of hydrogen-bond donors (Lipinski definition) is 1. The minimum atomic E-state index is -0.0944. The molecule has 0 atom stereocenters. The zero-order chi connectivity index (χ0) is 17.1. The highest BCUT2D eigenvalue weighted by Gasteiger charge is 2.17. The summed E-state index contributed by atoms with van der Waals surface area (Å²) in [5, 5.41) is 3.98. The zero-order valence-electron chi connectivity index (χ0n) is 14.1. The maximum atomic E-state index is 12.9. The first-order valence-electron chi connectivity index (χ1n) is 8.82. The van der Waals surface area contributed by atoms with Crippen molar-refractivity contribution in [2.75, 3.05) is 23.3 Å². The summed E-state index contributed by atoms with van der Waals surface area (Å²) in [6.45, 7) is 2.09. The lowest BCUT2D eigenvalue weighted by molar-refractivity contribution is 0.102. The topological polar surface area (TPSA) is 45.2 Å². The number of pyridine rings is 1. The third-order valence-electron chi connectivity index (χ3n) is 4.74. The Kier molecular flexibility index (Phi) is 4.34. The molecule has 0 aliphatic carbocycles. The first kappa shape index (κ1) is 15.6. The number of carbonyl (C=O) groups excluding carboxylic acids is 1. The Hall–Kier alpha value is -2.88. The fraction of sp³-hybridized carbons (Fsp3) is 0.238. The number of carbonyl (C=O) groups is 1. The van der Waals surface area contributed by atoms with E-state index in [1.165, 1.54) is 19.3 Å².